The first-order chi connectivity index (χ1) is 7.70. The van der Waals surface area contributed by atoms with Crippen molar-refractivity contribution in [3.63, 3.8) is 0 Å². The van der Waals surface area contributed by atoms with Gasteiger partial charge in [0.15, 0.2) is 0 Å². The van der Waals surface area contributed by atoms with Crippen molar-refractivity contribution in [2.45, 2.75) is 32.4 Å². The van der Waals surface area contributed by atoms with Crippen LogP contribution in [0.4, 0.5) is 0 Å². The zero-order valence-electron chi connectivity index (χ0n) is 10.2. The fraction of sp³-hybridized carbons (Fsp3) is 0.500. The maximum absolute atomic E-state index is 10.00. The van der Waals surface area contributed by atoms with Gasteiger partial charge in [-0.15, -0.1) is 0 Å². The molecule has 0 aromatic heterocycles. The molecule has 1 rings (SSSR count). The van der Waals surface area contributed by atoms with E-state index < -0.39 is 6.10 Å². The Labute approximate surface area is 109 Å². The SMILES string of the molecule is CC(C)(C)NCC(O)c1cc(O)cc(O)c1Br. The number of β-amino-alcohol motifs (C(OH)–C–C–N with tert-alkyl or cyclic N) is 1. The van der Waals surface area contributed by atoms with Crippen LogP contribution in [0.2, 0.25) is 0 Å². The molecule has 0 radical (unpaired) electrons. The Kier molecular flexibility index (Phi) is 4.41. The second kappa shape index (κ2) is 5.25. The molecule has 1 atom stereocenters. The summed E-state index contributed by atoms with van der Waals surface area (Å²) in [6.45, 7) is 6.32. The van der Waals surface area contributed by atoms with Crippen molar-refractivity contribution in [1.82, 2.24) is 5.32 Å². The van der Waals surface area contributed by atoms with Gasteiger partial charge in [0, 0.05) is 23.7 Å². The fourth-order valence-electron chi connectivity index (χ4n) is 1.37. The quantitative estimate of drug-likeness (QED) is 0.691. The van der Waals surface area contributed by atoms with Crippen molar-refractivity contribution in [2.24, 2.45) is 0 Å². The molecule has 96 valence electrons. The van der Waals surface area contributed by atoms with Crippen LogP contribution in [0.1, 0.15) is 32.4 Å². The summed E-state index contributed by atoms with van der Waals surface area (Å²) < 4.78 is 0.401. The van der Waals surface area contributed by atoms with E-state index in [1.165, 1.54) is 12.1 Å². The molecule has 0 amide bonds. The van der Waals surface area contributed by atoms with E-state index in [9.17, 15) is 15.3 Å². The Bertz CT molecular complexity index is 401. The molecular weight excluding hydrogens is 286 g/mol. The molecule has 0 bridgehead atoms. The number of phenolic OH excluding ortho intramolecular Hbond substituents is 2. The molecule has 0 saturated heterocycles. The van der Waals surface area contributed by atoms with Gasteiger partial charge in [-0.1, -0.05) is 0 Å². The summed E-state index contributed by atoms with van der Waals surface area (Å²) in [6, 6.07) is 2.65. The summed E-state index contributed by atoms with van der Waals surface area (Å²) >= 11 is 3.19. The summed E-state index contributed by atoms with van der Waals surface area (Å²) in [5.41, 5.74) is 0.353. The van der Waals surface area contributed by atoms with Gasteiger partial charge in [-0.25, -0.2) is 0 Å². The number of hydrogen-bond donors (Lipinski definition) is 4. The number of hydrogen-bond acceptors (Lipinski definition) is 4. The highest BCUT2D eigenvalue weighted by Gasteiger charge is 2.18. The zero-order chi connectivity index (χ0) is 13.2. The van der Waals surface area contributed by atoms with Crippen LogP contribution in [0.5, 0.6) is 11.5 Å². The van der Waals surface area contributed by atoms with Crippen molar-refractivity contribution < 1.29 is 15.3 Å². The van der Waals surface area contributed by atoms with Crippen LogP contribution < -0.4 is 5.32 Å². The van der Waals surface area contributed by atoms with Crippen LogP contribution in [0, 0.1) is 0 Å². The third-order valence-corrected chi connectivity index (χ3v) is 3.12. The Morgan fingerprint density at radius 1 is 1.29 bits per heavy atom. The van der Waals surface area contributed by atoms with E-state index in [0.29, 0.717) is 16.6 Å². The molecule has 0 heterocycles. The summed E-state index contributed by atoms with van der Waals surface area (Å²) in [5, 5.41) is 32.1. The van der Waals surface area contributed by atoms with Crippen molar-refractivity contribution in [1.29, 1.82) is 0 Å². The zero-order valence-corrected chi connectivity index (χ0v) is 11.7. The molecule has 0 spiro atoms. The number of phenols is 2. The molecule has 1 aromatic rings. The van der Waals surface area contributed by atoms with E-state index >= 15 is 0 Å². The molecule has 0 aliphatic carbocycles. The minimum atomic E-state index is -0.804. The highest BCUT2D eigenvalue weighted by atomic mass is 79.9. The first kappa shape index (κ1) is 14.3. The molecule has 0 aliphatic rings. The van der Waals surface area contributed by atoms with Gasteiger partial charge in [-0.2, -0.15) is 0 Å². The summed E-state index contributed by atoms with van der Waals surface area (Å²) in [4.78, 5) is 0. The molecular formula is C12H18BrNO3. The highest BCUT2D eigenvalue weighted by molar-refractivity contribution is 9.10. The third kappa shape index (κ3) is 4.18. The van der Waals surface area contributed by atoms with Gasteiger partial charge in [0.25, 0.3) is 0 Å². The average molecular weight is 304 g/mol. The Morgan fingerprint density at radius 3 is 2.41 bits per heavy atom. The second-order valence-corrected chi connectivity index (χ2v) is 5.81. The normalized spacial score (nSPS) is 13.7. The maximum atomic E-state index is 10.00. The van der Waals surface area contributed by atoms with Crippen LogP contribution in [-0.2, 0) is 0 Å². The fourth-order valence-corrected chi connectivity index (χ4v) is 1.86. The molecule has 4 N–H and O–H groups in total. The van der Waals surface area contributed by atoms with Gasteiger partial charge in [0.1, 0.15) is 11.5 Å². The lowest BCUT2D eigenvalue weighted by atomic mass is 10.1. The number of benzene rings is 1. The Balaban J connectivity index is 2.85. The van der Waals surface area contributed by atoms with Gasteiger partial charge in [0.2, 0.25) is 0 Å². The number of nitrogens with one attached hydrogen (secondary N) is 1. The molecule has 1 aromatic carbocycles. The number of aromatic hydroxyl groups is 2. The first-order valence-corrected chi connectivity index (χ1v) is 6.14. The van der Waals surface area contributed by atoms with Crippen LogP contribution in [0.3, 0.4) is 0 Å². The predicted octanol–water partition coefficient (Wildman–Crippen LogP) is 2.28. The van der Waals surface area contributed by atoms with Crippen LogP contribution >= 0.6 is 15.9 Å². The smallest absolute Gasteiger partial charge is 0.133 e. The Morgan fingerprint density at radius 2 is 1.88 bits per heavy atom. The standard InChI is InChI=1S/C12H18BrNO3/c1-12(2,3)14-6-10(17)8-4-7(15)5-9(16)11(8)13/h4-5,10,14-17H,6H2,1-3H3. The number of aliphatic hydroxyl groups is 1. The lowest BCUT2D eigenvalue weighted by Crippen LogP contribution is -2.38. The van der Waals surface area contributed by atoms with Gasteiger partial charge in [-0.3, -0.25) is 0 Å². The summed E-state index contributed by atoms with van der Waals surface area (Å²) in [5.74, 6) is -0.162. The molecule has 4 nitrogen and oxygen atoms in total. The van der Waals surface area contributed by atoms with E-state index in [0.717, 1.165) is 0 Å². The van der Waals surface area contributed by atoms with E-state index in [1.807, 2.05) is 20.8 Å². The number of rotatable bonds is 3. The molecule has 0 fully saturated rings. The van der Waals surface area contributed by atoms with Gasteiger partial charge >= 0.3 is 0 Å². The van der Waals surface area contributed by atoms with Gasteiger partial charge in [0.05, 0.1) is 10.6 Å². The van der Waals surface area contributed by atoms with Crippen molar-refractivity contribution >= 4 is 15.9 Å². The monoisotopic (exact) mass is 303 g/mol. The highest BCUT2D eigenvalue weighted by Crippen LogP contribution is 2.35. The first-order valence-electron chi connectivity index (χ1n) is 5.35. The number of halogens is 1. The number of aliphatic hydroxyl groups excluding tert-OH is 1. The van der Waals surface area contributed by atoms with Crippen molar-refractivity contribution in [3.8, 4) is 11.5 Å². The molecule has 0 aliphatic heterocycles. The van der Waals surface area contributed by atoms with E-state index in [4.69, 9.17) is 0 Å². The lowest BCUT2D eigenvalue weighted by molar-refractivity contribution is 0.162. The Hall–Kier alpha value is -0.780. The largest absolute Gasteiger partial charge is 0.508 e. The second-order valence-electron chi connectivity index (χ2n) is 5.01. The van der Waals surface area contributed by atoms with E-state index in [1.54, 1.807) is 0 Å². The van der Waals surface area contributed by atoms with Crippen LogP contribution in [0.15, 0.2) is 16.6 Å². The van der Waals surface area contributed by atoms with Crippen LogP contribution in [0.25, 0.3) is 0 Å². The summed E-state index contributed by atoms with van der Waals surface area (Å²) in [6.07, 6.45) is -0.804. The predicted molar refractivity (Wildman–Crippen MR) is 70.2 cm³/mol. The topological polar surface area (TPSA) is 72.7 Å². The summed E-state index contributed by atoms with van der Waals surface area (Å²) in [7, 11) is 0. The van der Waals surface area contributed by atoms with E-state index in [-0.39, 0.29) is 17.0 Å². The van der Waals surface area contributed by atoms with Gasteiger partial charge < -0.3 is 20.6 Å². The third-order valence-electron chi connectivity index (χ3n) is 2.25. The average Bonchev–Trinajstić information content (AvgIpc) is 2.19. The molecule has 1 unspecified atom stereocenters. The van der Waals surface area contributed by atoms with Crippen LogP contribution in [-0.4, -0.2) is 27.4 Å². The lowest BCUT2D eigenvalue weighted by Gasteiger charge is -2.23. The maximum Gasteiger partial charge on any atom is 0.133 e. The minimum absolute atomic E-state index is 0.0736. The molecule has 5 heteroatoms. The molecule has 17 heavy (non-hydrogen) atoms. The van der Waals surface area contributed by atoms with Gasteiger partial charge in [-0.05, 0) is 42.8 Å². The van der Waals surface area contributed by atoms with E-state index in [2.05, 4.69) is 21.2 Å². The van der Waals surface area contributed by atoms with Crippen molar-refractivity contribution in [3.05, 3.63) is 22.2 Å². The molecule has 0 saturated carbocycles. The minimum Gasteiger partial charge on any atom is -0.508 e. The van der Waals surface area contributed by atoms with Crippen molar-refractivity contribution in [2.75, 3.05) is 6.54 Å².